The van der Waals surface area contributed by atoms with E-state index in [1.165, 1.54) is 5.56 Å². The van der Waals surface area contributed by atoms with Crippen LogP contribution in [-0.4, -0.2) is 39.6 Å². The van der Waals surface area contributed by atoms with Gasteiger partial charge in [-0.05, 0) is 56.0 Å². The van der Waals surface area contributed by atoms with Crippen molar-refractivity contribution in [1.29, 1.82) is 0 Å². The quantitative estimate of drug-likeness (QED) is 0.363. The van der Waals surface area contributed by atoms with E-state index in [1.807, 2.05) is 68.4 Å². The van der Waals surface area contributed by atoms with Crippen molar-refractivity contribution in [3.8, 4) is 5.69 Å². The minimum atomic E-state index is -0.245. The minimum absolute atomic E-state index is 0.0197. The highest BCUT2D eigenvalue weighted by atomic mass is 16.2. The van der Waals surface area contributed by atoms with Gasteiger partial charge in [-0.15, -0.1) is 0 Å². The first-order valence-electron chi connectivity index (χ1n) is 13.0. The number of amides is 2. The second-order valence-corrected chi connectivity index (χ2v) is 10.5. The predicted octanol–water partition coefficient (Wildman–Crippen LogP) is 6.31. The normalized spacial score (nSPS) is 11.4. The zero-order valence-corrected chi connectivity index (χ0v) is 22.6. The molecule has 0 radical (unpaired) electrons. The molecule has 0 atom stereocenters. The fourth-order valence-electron chi connectivity index (χ4n) is 3.97. The number of aromatic nitrogens is 2. The summed E-state index contributed by atoms with van der Waals surface area (Å²) in [5.41, 5.74) is 4.56. The molecule has 0 aliphatic heterocycles. The molecule has 0 bridgehead atoms. The van der Waals surface area contributed by atoms with Crippen LogP contribution in [0.25, 0.3) is 5.69 Å². The minimum Gasteiger partial charge on any atom is -0.329 e. The van der Waals surface area contributed by atoms with Crippen molar-refractivity contribution in [2.24, 2.45) is 0 Å². The van der Waals surface area contributed by atoms with Crippen molar-refractivity contribution in [3.05, 3.63) is 77.0 Å². The van der Waals surface area contributed by atoms with Gasteiger partial charge >= 0.3 is 0 Å². The molecular weight excluding hydrogens is 448 g/mol. The van der Waals surface area contributed by atoms with Crippen LogP contribution in [0.3, 0.4) is 0 Å². The van der Waals surface area contributed by atoms with Crippen molar-refractivity contribution in [2.75, 3.05) is 18.4 Å². The Balaban J connectivity index is 1.79. The number of rotatable bonds is 10. The van der Waals surface area contributed by atoms with Crippen LogP contribution in [0.5, 0.6) is 0 Å². The highest BCUT2D eigenvalue weighted by Crippen LogP contribution is 2.26. The first-order valence-corrected chi connectivity index (χ1v) is 13.0. The highest BCUT2D eigenvalue weighted by Gasteiger charge is 2.23. The molecule has 0 saturated heterocycles. The molecule has 0 unspecified atom stereocenters. The largest absolute Gasteiger partial charge is 0.329 e. The molecule has 192 valence electrons. The maximum Gasteiger partial charge on any atom is 0.254 e. The average molecular weight is 489 g/mol. The zero-order chi connectivity index (χ0) is 26.3. The third-order valence-electron chi connectivity index (χ3n) is 6.16. The molecule has 1 N–H and O–H groups in total. The summed E-state index contributed by atoms with van der Waals surface area (Å²) in [6.45, 7) is 13.0. The molecule has 6 heteroatoms. The SMILES string of the molecule is CCCCc1ccc(C(=O)N(CCC)CC(=O)Nc2cc(C(C)(C)C)nn2-c2ccc(C)cc2)cc1. The van der Waals surface area contributed by atoms with E-state index in [9.17, 15) is 9.59 Å². The van der Waals surface area contributed by atoms with Gasteiger partial charge in [-0.2, -0.15) is 5.10 Å². The van der Waals surface area contributed by atoms with Gasteiger partial charge in [-0.25, -0.2) is 4.68 Å². The van der Waals surface area contributed by atoms with Gasteiger partial charge in [-0.3, -0.25) is 9.59 Å². The van der Waals surface area contributed by atoms with E-state index in [2.05, 4.69) is 33.0 Å². The fourth-order valence-corrected chi connectivity index (χ4v) is 3.97. The van der Waals surface area contributed by atoms with Crippen molar-refractivity contribution < 1.29 is 9.59 Å². The Kier molecular flexibility index (Phi) is 9.08. The van der Waals surface area contributed by atoms with Gasteiger partial charge in [0, 0.05) is 23.6 Å². The predicted molar refractivity (Wildman–Crippen MR) is 147 cm³/mol. The number of benzene rings is 2. The summed E-state index contributed by atoms with van der Waals surface area (Å²) in [5, 5.41) is 7.79. The zero-order valence-electron chi connectivity index (χ0n) is 22.6. The van der Waals surface area contributed by atoms with E-state index in [0.717, 1.165) is 42.6 Å². The summed E-state index contributed by atoms with van der Waals surface area (Å²) < 4.78 is 1.76. The molecule has 0 aliphatic carbocycles. The van der Waals surface area contributed by atoms with E-state index in [4.69, 9.17) is 5.10 Å². The number of carbonyl (C=O) groups excluding carboxylic acids is 2. The third-order valence-corrected chi connectivity index (χ3v) is 6.16. The maximum absolute atomic E-state index is 13.2. The van der Waals surface area contributed by atoms with Crippen LogP contribution in [0.15, 0.2) is 54.6 Å². The van der Waals surface area contributed by atoms with E-state index in [-0.39, 0.29) is 23.8 Å². The average Bonchev–Trinajstić information content (AvgIpc) is 3.27. The summed E-state index contributed by atoms with van der Waals surface area (Å²) in [6, 6.07) is 17.7. The Morgan fingerprint density at radius 1 is 0.972 bits per heavy atom. The van der Waals surface area contributed by atoms with E-state index >= 15 is 0 Å². The Morgan fingerprint density at radius 2 is 1.64 bits per heavy atom. The van der Waals surface area contributed by atoms with Crippen LogP contribution in [-0.2, 0) is 16.6 Å². The Hall–Kier alpha value is -3.41. The van der Waals surface area contributed by atoms with Crippen molar-refractivity contribution in [3.63, 3.8) is 0 Å². The molecule has 3 rings (SSSR count). The molecule has 3 aromatic rings. The van der Waals surface area contributed by atoms with Gasteiger partial charge in [0.25, 0.3) is 5.91 Å². The Labute approximate surface area is 215 Å². The number of aryl methyl sites for hydroxylation is 2. The van der Waals surface area contributed by atoms with Crippen LogP contribution in [0.2, 0.25) is 0 Å². The van der Waals surface area contributed by atoms with Crippen molar-refractivity contribution >= 4 is 17.6 Å². The van der Waals surface area contributed by atoms with Crippen LogP contribution >= 0.6 is 0 Å². The molecule has 0 aliphatic rings. The molecular formula is C30H40N4O2. The van der Waals surface area contributed by atoms with Gasteiger partial charge < -0.3 is 10.2 Å². The summed E-state index contributed by atoms with van der Waals surface area (Å²) in [5.74, 6) is 0.222. The summed E-state index contributed by atoms with van der Waals surface area (Å²) in [7, 11) is 0. The molecule has 2 amide bonds. The van der Waals surface area contributed by atoms with E-state index in [1.54, 1.807) is 9.58 Å². The molecule has 0 saturated carbocycles. The van der Waals surface area contributed by atoms with E-state index in [0.29, 0.717) is 17.9 Å². The van der Waals surface area contributed by atoms with Crippen LogP contribution in [0.1, 0.15) is 81.1 Å². The van der Waals surface area contributed by atoms with Gasteiger partial charge in [0.2, 0.25) is 5.91 Å². The third kappa shape index (κ3) is 7.06. The first-order chi connectivity index (χ1) is 17.1. The van der Waals surface area contributed by atoms with Gasteiger partial charge in [-0.1, -0.05) is 70.9 Å². The molecule has 0 spiro atoms. The Bertz CT molecular complexity index is 1160. The maximum atomic E-state index is 13.2. The number of carbonyl (C=O) groups is 2. The number of hydrogen-bond donors (Lipinski definition) is 1. The number of anilines is 1. The van der Waals surface area contributed by atoms with Crippen molar-refractivity contribution in [2.45, 2.75) is 72.6 Å². The van der Waals surface area contributed by atoms with E-state index < -0.39 is 0 Å². The lowest BCUT2D eigenvalue weighted by molar-refractivity contribution is -0.116. The summed E-state index contributed by atoms with van der Waals surface area (Å²) >= 11 is 0. The van der Waals surface area contributed by atoms with Gasteiger partial charge in [0.15, 0.2) is 0 Å². The molecule has 2 aromatic carbocycles. The standard InChI is InChI=1S/C30H40N4O2/c1-7-9-10-23-13-15-24(16-14-23)29(36)33(19-8-2)21-28(35)31-27-20-26(30(4,5)6)32-34(27)25-17-11-22(3)12-18-25/h11-18,20H,7-10,19,21H2,1-6H3,(H,31,35). The molecule has 36 heavy (non-hydrogen) atoms. The van der Waals surface area contributed by atoms with Crippen LogP contribution < -0.4 is 5.32 Å². The summed E-state index contributed by atoms with van der Waals surface area (Å²) in [4.78, 5) is 28.0. The van der Waals surface area contributed by atoms with Crippen LogP contribution in [0, 0.1) is 6.92 Å². The smallest absolute Gasteiger partial charge is 0.254 e. The highest BCUT2D eigenvalue weighted by molar-refractivity contribution is 5.99. The Morgan fingerprint density at radius 3 is 2.22 bits per heavy atom. The molecule has 6 nitrogen and oxygen atoms in total. The number of nitrogens with zero attached hydrogens (tertiary/aromatic N) is 3. The monoisotopic (exact) mass is 488 g/mol. The summed E-state index contributed by atoms with van der Waals surface area (Å²) in [6.07, 6.45) is 4.05. The lowest BCUT2D eigenvalue weighted by Crippen LogP contribution is -2.38. The second kappa shape index (κ2) is 12.0. The molecule has 1 aromatic heterocycles. The number of unbranched alkanes of at least 4 members (excludes halogenated alkanes) is 1. The lowest BCUT2D eigenvalue weighted by atomic mass is 9.92. The van der Waals surface area contributed by atoms with Crippen LogP contribution in [0.4, 0.5) is 5.82 Å². The van der Waals surface area contributed by atoms with Gasteiger partial charge in [0.05, 0.1) is 11.4 Å². The molecule has 1 heterocycles. The second-order valence-electron chi connectivity index (χ2n) is 10.5. The fraction of sp³-hybridized carbons (Fsp3) is 0.433. The number of hydrogen-bond acceptors (Lipinski definition) is 3. The number of nitrogens with one attached hydrogen (secondary N) is 1. The molecule has 0 fully saturated rings. The first kappa shape index (κ1) is 27.2. The topological polar surface area (TPSA) is 67.2 Å². The van der Waals surface area contributed by atoms with Gasteiger partial charge in [0.1, 0.15) is 12.4 Å². The van der Waals surface area contributed by atoms with Crippen molar-refractivity contribution in [1.82, 2.24) is 14.7 Å². The lowest BCUT2D eigenvalue weighted by Gasteiger charge is -2.22.